The molecular formula is C55H35O4P. The van der Waals surface area contributed by atoms with Crippen molar-refractivity contribution in [3.05, 3.63) is 235 Å². The Labute approximate surface area is 347 Å². The Morgan fingerprint density at radius 2 is 0.883 bits per heavy atom. The Balaban J connectivity index is 1.04. The quantitative estimate of drug-likeness (QED) is 0.157. The maximum absolute atomic E-state index is 15.9. The Morgan fingerprint density at radius 3 is 1.57 bits per heavy atom. The number of rotatable bonds is 6. The normalized spacial score (nSPS) is 13.5. The number of fused-ring (bicyclic) bond motifs is 8. The highest BCUT2D eigenvalue weighted by Crippen LogP contribution is 2.58. The molecule has 2 heterocycles. The van der Waals surface area contributed by atoms with Gasteiger partial charge in [0.1, 0.15) is 11.2 Å². The van der Waals surface area contributed by atoms with Crippen molar-refractivity contribution in [2.45, 2.75) is 5.41 Å². The van der Waals surface area contributed by atoms with E-state index in [1.807, 2.05) is 97.1 Å². The van der Waals surface area contributed by atoms with Gasteiger partial charge in [-0.2, -0.15) is 0 Å². The molecule has 0 saturated carbocycles. The average molecular weight is 791 g/mol. The average Bonchev–Trinajstić information content (AvgIpc) is 3.83. The van der Waals surface area contributed by atoms with E-state index in [2.05, 4.69) is 115 Å². The fourth-order valence-corrected chi connectivity index (χ4v) is 12.2. The van der Waals surface area contributed by atoms with E-state index in [4.69, 9.17) is 13.9 Å². The molecule has 0 amide bonds. The summed E-state index contributed by atoms with van der Waals surface area (Å²) in [7, 11) is -3.29. The summed E-state index contributed by atoms with van der Waals surface area (Å²) in [6, 6.07) is 72.7. The number of benzene rings is 9. The van der Waals surface area contributed by atoms with Crippen LogP contribution in [0.4, 0.5) is 0 Å². The Bertz CT molecular complexity index is 3260. The van der Waals surface area contributed by atoms with E-state index in [1.54, 1.807) is 0 Å². The number of hydrogen-bond acceptors (Lipinski definition) is 4. The van der Waals surface area contributed by atoms with Crippen LogP contribution >= 0.6 is 7.14 Å². The minimum atomic E-state index is -3.29. The van der Waals surface area contributed by atoms with E-state index >= 15 is 4.57 Å². The predicted molar refractivity (Wildman–Crippen MR) is 242 cm³/mol. The lowest BCUT2D eigenvalue weighted by Gasteiger charge is -2.34. The predicted octanol–water partition coefficient (Wildman–Crippen LogP) is 13.2. The molecule has 0 radical (unpaired) electrons. The van der Waals surface area contributed by atoms with Crippen molar-refractivity contribution in [2.24, 2.45) is 0 Å². The van der Waals surface area contributed by atoms with Gasteiger partial charge in [-0.25, -0.2) is 0 Å². The standard InChI is InChI=1S/C55H35O4P/c56-60(40-19-9-3-10-20-40,41-21-11-4-12-22-41)42-27-29-44-43-28-25-36(31-47(43)55(48(44)33-42,38-15-5-1-6-16-38)39-17-7-2-8-18-39)37-26-30-50-52(32-37)59-53-34-46-45-23-13-14-24-49(45)57-51(46)35-54(53)58-50/h1-35H. The van der Waals surface area contributed by atoms with Crippen LogP contribution in [-0.4, -0.2) is 0 Å². The van der Waals surface area contributed by atoms with Crippen molar-refractivity contribution in [1.29, 1.82) is 0 Å². The topological polar surface area (TPSA) is 48.7 Å². The summed E-state index contributed by atoms with van der Waals surface area (Å²) in [5.41, 5.74) is 9.72. The summed E-state index contributed by atoms with van der Waals surface area (Å²) in [5.74, 6) is 2.56. The summed E-state index contributed by atoms with van der Waals surface area (Å²) in [4.78, 5) is 0. The van der Waals surface area contributed by atoms with Crippen molar-refractivity contribution in [1.82, 2.24) is 0 Å². The molecule has 1 aliphatic carbocycles. The molecule has 12 rings (SSSR count). The third-order valence-corrected chi connectivity index (χ3v) is 15.4. The van der Waals surface area contributed by atoms with Gasteiger partial charge in [0.15, 0.2) is 30.1 Å². The second-order valence-corrected chi connectivity index (χ2v) is 18.3. The second kappa shape index (κ2) is 13.3. The molecule has 0 spiro atoms. The maximum Gasteiger partial charge on any atom is 0.173 e. The van der Waals surface area contributed by atoms with Gasteiger partial charge in [0.2, 0.25) is 0 Å². The minimum Gasteiger partial charge on any atom is -0.456 e. The van der Waals surface area contributed by atoms with Crippen molar-refractivity contribution >= 4 is 45.0 Å². The van der Waals surface area contributed by atoms with Gasteiger partial charge in [-0.3, -0.25) is 0 Å². The van der Waals surface area contributed by atoms with Crippen molar-refractivity contribution in [3.63, 3.8) is 0 Å². The van der Waals surface area contributed by atoms with Crippen LogP contribution < -0.4 is 25.4 Å². The molecular weight excluding hydrogens is 756 g/mol. The Hall–Kier alpha value is -7.39. The molecule has 60 heavy (non-hydrogen) atoms. The Morgan fingerprint density at radius 1 is 0.367 bits per heavy atom. The number of ether oxygens (including phenoxy) is 2. The molecule has 5 heteroatoms. The van der Waals surface area contributed by atoms with Gasteiger partial charge in [0.25, 0.3) is 0 Å². The van der Waals surface area contributed by atoms with E-state index in [0.717, 1.165) is 82.4 Å². The van der Waals surface area contributed by atoms with Crippen molar-refractivity contribution in [3.8, 4) is 45.3 Å². The molecule has 2 aliphatic rings. The highest BCUT2D eigenvalue weighted by molar-refractivity contribution is 7.85. The van der Waals surface area contributed by atoms with Crippen LogP contribution in [0.15, 0.2) is 217 Å². The third kappa shape index (κ3) is 5.08. The molecule has 0 N–H and O–H groups in total. The molecule has 9 aromatic carbocycles. The van der Waals surface area contributed by atoms with Crippen LogP contribution in [0.3, 0.4) is 0 Å². The molecule has 4 nitrogen and oxygen atoms in total. The molecule has 0 atom stereocenters. The largest absolute Gasteiger partial charge is 0.456 e. The highest BCUT2D eigenvalue weighted by atomic mass is 31.2. The Kier molecular flexibility index (Phi) is 7.69. The monoisotopic (exact) mass is 790 g/mol. The van der Waals surface area contributed by atoms with Crippen LogP contribution in [0.25, 0.3) is 44.2 Å². The number of hydrogen-bond donors (Lipinski definition) is 0. The van der Waals surface area contributed by atoms with Gasteiger partial charge < -0.3 is 18.5 Å². The number of para-hydroxylation sites is 1. The van der Waals surface area contributed by atoms with E-state index in [1.165, 1.54) is 0 Å². The molecule has 0 unspecified atom stereocenters. The fraction of sp³-hybridized carbons (Fsp3) is 0.0182. The third-order valence-electron chi connectivity index (χ3n) is 12.3. The fourth-order valence-electron chi connectivity index (χ4n) is 9.56. The lowest BCUT2D eigenvalue weighted by Crippen LogP contribution is -2.31. The first-order valence-corrected chi connectivity index (χ1v) is 21.9. The van der Waals surface area contributed by atoms with Gasteiger partial charge in [-0.05, 0) is 80.9 Å². The lowest BCUT2D eigenvalue weighted by atomic mass is 9.67. The van der Waals surface area contributed by atoms with Crippen molar-refractivity contribution < 1.29 is 18.5 Å². The molecule has 1 aromatic heterocycles. The minimum absolute atomic E-state index is 0.621. The van der Waals surface area contributed by atoms with Gasteiger partial charge in [0, 0.05) is 32.8 Å². The van der Waals surface area contributed by atoms with Crippen LogP contribution in [0.1, 0.15) is 22.3 Å². The first-order valence-electron chi connectivity index (χ1n) is 20.2. The lowest BCUT2D eigenvalue weighted by molar-refractivity contribution is 0.360. The van der Waals surface area contributed by atoms with E-state index in [0.29, 0.717) is 23.0 Å². The molecule has 1 aliphatic heterocycles. The van der Waals surface area contributed by atoms with Crippen LogP contribution in [0.2, 0.25) is 0 Å². The summed E-state index contributed by atoms with van der Waals surface area (Å²) in [5, 5.41) is 4.44. The first kappa shape index (κ1) is 34.6. The van der Waals surface area contributed by atoms with Crippen LogP contribution in [0, 0.1) is 0 Å². The zero-order valence-electron chi connectivity index (χ0n) is 32.3. The van der Waals surface area contributed by atoms with Crippen molar-refractivity contribution in [2.75, 3.05) is 0 Å². The zero-order chi connectivity index (χ0) is 39.8. The molecule has 0 bridgehead atoms. The summed E-state index contributed by atoms with van der Waals surface area (Å²) in [6.45, 7) is 0. The molecule has 0 saturated heterocycles. The smallest absolute Gasteiger partial charge is 0.173 e. The highest BCUT2D eigenvalue weighted by Gasteiger charge is 2.47. The second-order valence-electron chi connectivity index (χ2n) is 15.5. The van der Waals surface area contributed by atoms with E-state index in [9.17, 15) is 0 Å². The first-order chi connectivity index (χ1) is 29.6. The molecule has 284 valence electrons. The van der Waals surface area contributed by atoms with E-state index < -0.39 is 12.6 Å². The van der Waals surface area contributed by atoms with E-state index in [-0.39, 0.29) is 0 Å². The van der Waals surface area contributed by atoms with Gasteiger partial charge >= 0.3 is 0 Å². The van der Waals surface area contributed by atoms with Gasteiger partial charge in [-0.15, -0.1) is 0 Å². The maximum atomic E-state index is 15.9. The van der Waals surface area contributed by atoms with Crippen LogP contribution in [0.5, 0.6) is 23.0 Å². The zero-order valence-corrected chi connectivity index (χ0v) is 33.2. The SMILES string of the molecule is O=P(c1ccccc1)(c1ccccc1)c1ccc2c(c1)C(c1ccccc1)(c1ccccc1)c1cc(-c3ccc4c(c3)Oc3cc5c(cc3O4)oc3ccccc35)ccc1-2. The van der Waals surface area contributed by atoms with Gasteiger partial charge in [-0.1, -0.05) is 170 Å². The molecule has 0 fully saturated rings. The molecule has 10 aromatic rings. The summed E-state index contributed by atoms with van der Waals surface area (Å²) >= 11 is 0. The number of furan rings is 1. The van der Waals surface area contributed by atoms with Gasteiger partial charge in [0.05, 0.1) is 5.41 Å². The van der Waals surface area contributed by atoms with Crippen LogP contribution in [-0.2, 0) is 9.98 Å². The summed E-state index contributed by atoms with van der Waals surface area (Å²) < 4.78 is 35.1. The summed E-state index contributed by atoms with van der Waals surface area (Å²) in [6.07, 6.45) is 0.